The SMILES string of the molecule is CCOC(=O)c1cc2c(C)nn(-c3ccccc3)c2oc1=N. The number of benzene rings is 1. The summed E-state index contributed by atoms with van der Waals surface area (Å²) in [4.78, 5) is 11.9. The highest BCUT2D eigenvalue weighted by Gasteiger charge is 2.17. The van der Waals surface area contributed by atoms with Crippen LogP contribution in [0, 0.1) is 12.3 Å². The number of carbonyl (C=O) groups excluding carboxylic acids is 1. The Balaban J connectivity index is 2.22. The van der Waals surface area contributed by atoms with Crippen molar-refractivity contribution < 1.29 is 13.9 Å². The molecule has 2 aromatic heterocycles. The lowest BCUT2D eigenvalue weighted by molar-refractivity contribution is 0.0520. The third kappa shape index (κ3) is 2.28. The summed E-state index contributed by atoms with van der Waals surface area (Å²) < 4.78 is 12.1. The molecule has 1 aromatic carbocycles. The zero-order valence-corrected chi connectivity index (χ0v) is 12.3. The predicted octanol–water partition coefficient (Wildman–Crippen LogP) is 2.58. The summed E-state index contributed by atoms with van der Waals surface area (Å²) in [5.41, 5.74) is 1.84. The smallest absolute Gasteiger partial charge is 0.343 e. The fourth-order valence-electron chi connectivity index (χ4n) is 2.25. The highest BCUT2D eigenvalue weighted by Crippen LogP contribution is 2.21. The van der Waals surface area contributed by atoms with Gasteiger partial charge >= 0.3 is 5.97 Å². The van der Waals surface area contributed by atoms with Crippen LogP contribution in [0.3, 0.4) is 0 Å². The maximum absolute atomic E-state index is 11.9. The summed E-state index contributed by atoms with van der Waals surface area (Å²) in [7, 11) is 0. The molecule has 0 fully saturated rings. The molecular weight excluding hydrogens is 282 g/mol. The van der Waals surface area contributed by atoms with Gasteiger partial charge in [0.05, 0.1) is 23.4 Å². The predicted molar refractivity (Wildman–Crippen MR) is 79.9 cm³/mol. The molecule has 0 saturated carbocycles. The van der Waals surface area contributed by atoms with Gasteiger partial charge in [0.2, 0.25) is 11.3 Å². The fraction of sp³-hybridized carbons (Fsp3) is 0.188. The second-order valence-corrected chi connectivity index (χ2v) is 4.76. The van der Waals surface area contributed by atoms with Crippen LogP contribution in [-0.4, -0.2) is 22.4 Å². The molecule has 1 N–H and O–H groups in total. The average molecular weight is 297 g/mol. The minimum Gasteiger partial charge on any atom is -0.462 e. The molecule has 3 rings (SSSR count). The number of aryl methyl sites for hydroxylation is 1. The molecule has 112 valence electrons. The zero-order valence-electron chi connectivity index (χ0n) is 12.3. The van der Waals surface area contributed by atoms with Crippen LogP contribution in [0.25, 0.3) is 16.8 Å². The molecule has 0 radical (unpaired) electrons. The van der Waals surface area contributed by atoms with Crippen molar-refractivity contribution in [2.24, 2.45) is 0 Å². The summed E-state index contributed by atoms with van der Waals surface area (Å²) in [6.07, 6.45) is 0. The minimum absolute atomic E-state index is 0.102. The molecule has 0 spiro atoms. The monoisotopic (exact) mass is 297 g/mol. The Labute approximate surface area is 126 Å². The molecular formula is C16H15N3O3. The normalized spacial score (nSPS) is 10.8. The molecule has 6 nitrogen and oxygen atoms in total. The lowest BCUT2D eigenvalue weighted by Gasteiger charge is -2.04. The molecule has 6 heteroatoms. The summed E-state index contributed by atoms with van der Waals surface area (Å²) in [6, 6.07) is 11.1. The van der Waals surface area contributed by atoms with Gasteiger partial charge in [-0.3, -0.25) is 5.41 Å². The van der Waals surface area contributed by atoms with E-state index in [1.165, 1.54) is 0 Å². The van der Waals surface area contributed by atoms with Crippen molar-refractivity contribution in [2.45, 2.75) is 13.8 Å². The summed E-state index contributed by atoms with van der Waals surface area (Å²) in [5.74, 6) is -0.565. The topological polar surface area (TPSA) is 81.1 Å². The number of hydrogen-bond donors (Lipinski definition) is 1. The van der Waals surface area contributed by atoms with Crippen LogP contribution in [0.4, 0.5) is 0 Å². The molecule has 0 amide bonds. The van der Waals surface area contributed by atoms with Gasteiger partial charge < -0.3 is 9.15 Å². The Bertz CT molecular complexity index is 894. The van der Waals surface area contributed by atoms with E-state index >= 15 is 0 Å². The summed E-state index contributed by atoms with van der Waals surface area (Å²) in [5, 5.41) is 13.0. The summed E-state index contributed by atoms with van der Waals surface area (Å²) in [6.45, 7) is 3.80. The van der Waals surface area contributed by atoms with Gasteiger partial charge in [-0.1, -0.05) is 18.2 Å². The van der Waals surface area contributed by atoms with Crippen LogP contribution in [0.15, 0.2) is 40.8 Å². The van der Waals surface area contributed by atoms with Gasteiger partial charge in [-0.15, -0.1) is 0 Å². The Hall–Kier alpha value is -2.89. The lowest BCUT2D eigenvalue weighted by Crippen LogP contribution is -2.16. The lowest BCUT2D eigenvalue weighted by atomic mass is 10.2. The molecule has 22 heavy (non-hydrogen) atoms. The third-order valence-corrected chi connectivity index (χ3v) is 3.29. The van der Waals surface area contributed by atoms with E-state index in [4.69, 9.17) is 14.6 Å². The molecule has 0 bridgehead atoms. The van der Waals surface area contributed by atoms with Crippen molar-refractivity contribution in [2.75, 3.05) is 6.61 Å². The minimum atomic E-state index is -0.565. The van der Waals surface area contributed by atoms with E-state index in [0.717, 1.165) is 5.69 Å². The molecule has 0 saturated heterocycles. The number of hydrogen-bond acceptors (Lipinski definition) is 5. The first-order chi connectivity index (χ1) is 10.6. The van der Waals surface area contributed by atoms with E-state index in [9.17, 15) is 4.79 Å². The van der Waals surface area contributed by atoms with E-state index in [1.54, 1.807) is 17.7 Å². The third-order valence-electron chi connectivity index (χ3n) is 3.29. The second kappa shape index (κ2) is 5.48. The van der Waals surface area contributed by atoms with Gasteiger partial charge in [0.1, 0.15) is 5.56 Å². The van der Waals surface area contributed by atoms with Crippen molar-refractivity contribution in [1.29, 1.82) is 5.41 Å². The number of esters is 1. The highest BCUT2D eigenvalue weighted by molar-refractivity contribution is 5.93. The standard InChI is InChI=1S/C16H15N3O3/c1-3-21-16(20)13-9-12-10(2)18-19(15(12)22-14(13)17)11-7-5-4-6-8-11/h4-9,17H,3H2,1-2H3. The largest absolute Gasteiger partial charge is 0.462 e. The van der Waals surface area contributed by atoms with Crippen LogP contribution in [0.1, 0.15) is 23.0 Å². The molecule has 2 heterocycles. The number of nitrogens with one attached hydrogen (secondary N) is 1. The number of aromatic nitrogens is 2. The molecule has 0 aliphatic carbocycles. The molecule has 0 aliphatic rings. The number of nitrogens with zero attached hydrogens (tertiary/aromatic N) is 2. The van der Waals surface area contributed by atoms with Gasteiger partial charge in [-0.2, -0.15) is 9.78 Å². The van der Waals surface area contributed by atoms with Crippen LogP contribution >= 0.6 is 0 Å². The van der Waals surface area contributed by atoms with Gasteiger partial charge in [0.25, 0.3) is 0 Å². The fourth-order valence-corrected chi connectivity index (χ4v) is 2.25. The highest BCUT2D eigenvalue weighted by atomic mass is 16.5. The first-order valence-electron chi connectivity index (χ1n) is 6.92. The van der Waals surface area contributed by atoms with E-state index in [0.29, 0.717) is 16.8 Å². The maximum atomic E-state index is 11.9. The maximum Gasteiger partial charge on any atom is 0.343 e. The van der Waals surface area contributed by atoms with Crippen molar-refractivity contribution in [3.8, 4) is 5.69 Å². The average Bonchev–Trinajstić information content (AvgIpc) is 2.84. The van der Waals surface area contributed by atoms with Crippen LogP contribution in [0.5, 0.6) is 0 Å². The van der Waals surface area contributed by atoms with Crippen LogP contribution in [-0.2, 0) is 4.74 Å². The Kier molecular flexibility index (Phi) is 3.50. The van der Waals surface area contributed by atoms with E-state index in [1.807, 2.05) is 37.3 Å². The number of carbonyl (C=O) groups is 1. The van der Waals surface area contributed by atoms with E-state index in [-0.39, 0.29) is 17.7 Å². The molecule has 0 atom stereocenters. The van der Waals surface area contributed by atoms with Crippen molar-refractivity contribution in [3.05, 3.63) is 53.2 Å². The van der Waals surface area contributed by atoms with Crippen molar-refractivity contribution in [3.63, 3.8) is 0 Å². The number of para-hydroxylation sites is 1. The van der Waals surface area contributed by atoms with Crippen LogP contribution in [0.2, 0.25) is 0 Å². The van der Waals surface area contributed by atoms with E-state index < -0.39 is 5.97 Å². The quantitative estimate of drug-likeness (QED) is 0.753. The number of ether oxygens (including phenoxy) is 1. The Morgan fingerprint density at radius 1 is 1.36 bits per heavy atom. The number of fused-ring (bicyclic) bond motifs is 1. The van der Waals surface area contributed by atoms with Gasteiger partial charge in [0, 0.05) is 0 Å². The van der Waals surface area contributed by atoms with Gasteiger partial charge in [0.15, 0.2) is 0 Å². The molecule has 0 aliphatic heterocycles. The van der Waals surface area contributed by atoms with Crippen molar-refractivity contribution >= 4 is 17.1 Å². The summed E-state index contributed by atoms with van der Waals surface area (Å²) >= 11 is 0. The first kappa shape index (κ1) is 14.1. The first-order valence-corrected chi connectivity index (χ1v) is 6.92. The molecule has 0 unspecified atom stereocenters. The second-order valence-electron chi connectivity index (χ2n) is 4.76. The number of rotatable bonds is 3. The van der Waals surface area contributed by atoms with Crippen LogP contribution < -0.4 is 5.55 Å². The Morgan fingerprint density at radius 3 is 2.77 bits per heavy atom. The zero-order chi connectivity index (χ0) is 15.7. The van der Waals surface area contributed by atoms with Gasteiger partial charge in [-0.05, 0) is 32.0 Å². The Morgan fingerprint density at radius 2 is 2.09 bits per heavy atom. The van der Waals surface area contributed by atoms with Crippen molar-refractivity contribution in [1.82, 2.24) is 9.78 Å². The molecule has 3 aromatic rings. The van der Waals surface area contributed by atoms with Gasteiger partial charge in [-0.25, -0.2) is 4.79 Å². The van der Waals surface area contributed by atoms with E-state index in [2.05, 4.69) is 5.10 Å².